The molecule has 0 N–H and O–H groups in total. The maximum atomic E-state index is 5.38. The molecule has 0 aliphatic rings. The molecule has 3 heterocycles. The largest absolute Gasteiger partial charge is 0.309 e. The van der Waals surface area contributed by atoms with Crippen molar-refractivity contribution in [3.05, 3.63) is 206 Å². The van der Waals surface area contributed by atoms with Gasteiger partial charge in [-0.1, -0.05) is 152 Å². The molecule has 0 aliphatic carbocycles. The van der Waals surface area contributed by atoms with Crippen LogP contribution in [0.4, 0.5) is 0 Å². The number of hydrogen-bond donors (Lipinski definition) is 0. The minimum absolute atomic E-state index is 0.686. The summed E-state index contributed by atoms with van der Waals surface area (Å²) in [6.07, 6.45) is 0. The third kappa shape index (κ3) is 5.23. The van der Waals surface area contributed by atoms with Crippen LogP contribution in [0.25, 0.3) is 100 Å². The second-order valence-corrected chi connectivity index (χ2v) is 14.2. The smallest absolute Gasteiger partial charge is 0.162 e. The van der Waals surface area contributed by atoms with Gasteiger partial charge < -0.3 is 4.57 Å². The van der Waals surface area contributed by atoms with Crippen LogP contribution in [0.1, 0.15) is 0 Å². The maximum absolute atomic E-state index is 5.38. The van der Waals surface area contributed by atoms with Crippen molar-refractivity contribution < 1.29 is 0 Å². The van der Waals surface area contributed by atoms with E-state index >= 15 is 0 Å². The normalized spacial score (nSPS) is 11.6. The first-order valence-electron chi connectivity index (χ1n) is 19.0. The van der Waals surface area contributed by atoms with Gasteiger partial charge in [-0.3, -0.25) is 4.57 Å². The number of rotatable bonds is 6. The first-order valence-corrected chi connectivity index (χ1v) is 19.0. The highest BCUT2D eigenvalue weighted by molar-refractivity contribution is 6.14. The third-order valence-corrected chi connectivity index (χ3v) is 10.9. The van der Waals surface area contributed by atoms with Crippen molar-refractivity contribution in [2.24, 2.45) is 0 Å². The summed E-state index contributed by atoms with van der Waals surface area (Å²) in [7, 11) is 0. The molecule has 0 amide bonds. The Labute approximate surface area is 324 Å². The molecule has 11 rings (SSSR count). The number of para-hydroxylation sites is 3. The number of hydrogen-bond acceptors (Lipinski definition) is 2. The molecule has 0 bridgehead atoms. The van der Waals surface area contributed by atoms with Crippen LogP contribution in [0.3, 0.4) is 0 Å². The van der Waals surface area contributed by atoms with Crippen molar-refractivity contribution in [2.45, 2.75) is 0 Å². The monoisotopic (exact) mass is 714 g/mol. The maximum Gasteiger partial charge on any atom is 0.162 e. The average Bonchev–Trinajstić information content (AvgIpc) is 3.80. The Bertz CT molecular complexity index is 3230. The van der Waals surface area contributed by atoms with Gasteiger partial charge in [-0.15, -0.1) is 0 Å². The van der Waals surface area contributed by atoms with Gasteiger partial charge in [0.25, 0.3) is 0 Å². The second kappa shape index (κ2) is 13.1. The summed E-state index contributed by atoms with van der Waals surface area (Å²) < 4.78 is 4.66. The lowest BCUT2D eigenvalue weighted by Crippen LogP contribution is -1.99. The van der Waals surface area contributed by atoms with Crippen LogP contribution >= 0.6 is 0 Å². The standard InChI is InChI=1S/C52H34N4/c1-4-16-35(17-5-1)39-30-31-48-45(34-39)43-26-10-12-28-46(43)55(48)42-25-15-21-38(33-42)37-20-14-22-40(32-37)51-53-50(36-18-6-2-7-19-36)49-44-27-11-13-29-47(44)56(52(49)54-51)41-23-8-3-9-24-41/h1-34H. The Kier molecular flexibility index (Phi) is 7.46. The molecule has 0 spiro atoms. The number of nitrogens with zero attached hydrogens (tertiary/aromatic N) is 4. The van der Waals surface area contributed by atoms with Gasteiger partial charge in [-0.2, -0.15) is 0 Å². The van der Waals surface area contributed by atoms with Gasteiger partial charge in [0.2, 0.25) is 0 Å². The Morgan fingerprint density at radius 1 is 0.304 bits per heavy atom. The minimum atomic E-state index is 0.686. The van der Waals surface area contributed by atoms with Crippen molar-refractivity contribution in [3.8, 4) is 56.3 Å². The molecule has 4 heteroatoms. The topological polar surface area (TPSA) is 35.6 Å². The van der Waals surface area contributed by atoms with Crippen molar-refractivity contribution in [3.63, 3.8) is 0 Å². The molecule has 0 fully saturated rings. The van der Waals surface area contributed by atoms with Gasteiger partial charge >= 0.3 is 0 Å². The van der Waals surface area contributed by atoms with Crippen molar-refractivity contribution in [2.75, 3.05) is 0 Å². The first-order chi connectivity index (χ1) is 27.8. The molecule has 0 saturated heterocycles. The molecule has 8 aromatic carbocycles. The zero-order chi connectivity index (χ0) is 37.0. The summed E-state index contributed by atoms with van der Waals surface area (Å²) in [4.78, 5) is 10.7. The van der Waals surface area contributed by atoms with Gasteiger partial charge in [0.05, 0.1) is 27.6 Å². The van der Waals surface area contributed by atoms with Crippen molar-refractivity contribution >= 4 is 43.7 Å². The average molecular weight is 715 g/mol. The van der Waals surface area contributed by atoms with Crippen LogP contribution in [0.5, 0.6) is 0 Å². The Hall–Kier alpha value is -7.56. The molecule has 0 atom stereocenters. The summed E-state index contributed by atoms with van der Waals surface area (Å²) in [5, 5.41) is 4.65. The second-order valence-electron chi connectivity index (χ2n) is 14.2. The zero-order valence-corrected chi connectivity index (χ0v) is 30.4. The third-order valence-electron chi connectivity index (χ3n) is 10.9. The summed E-state index contributed by atoms with van der Waals surface area (Å²) in [5.41, 5.74) is 14.1. The molecule has 0 saturated carbocycles. The molecule has 11 aromatic rings. The molecule has 4 nitrogen and oxygen atoms in total. The van der Waals surface area contributed by atoms with Gasteiger partial charge in [0, 0.05) is 38.7 Å². The molecule has 0 unspecified atom stereocenters. The van der Waals surface area contributed by atoms with Crippen molar-refractivity contribution in [1.29, 1.82) is 0 Å². The Balaban J connectivity index is 1.07. The predicted octanol–water partition coefficient (Wildman–Crippen LogP) is 13.3. The quantitative estimate of drug-likeness (QED) is 0.172. The van der Waals surface area contributed by atoms with Crippen LogP contribution in [0.15, 0.2) is 206 Å². The van der Waals surface area contributed by atoms with E-state index in [0.29, 0.717) is 5.82 Å². The van der Waals surface area contributed by atoms with Gasteiger partial charge in [-0.05, 0) is 76.9 Å². The summed E-state index contributed by atoms with van der Waals surface area (Å²) in [6.45, 7) is 0. The van der Waals surface area contributed by atoms with Crippen LogP contribution in [-0.2, 0) is 0 Å². The minimum Gasteiger partial charge on any atom is -0.309 e. The van der Waals surface area contributed by atoms with E-state index < -0.39 is 0 Å². The molecule has 56 heavy (non-hydrogen) atoms. The van der Waals surface area contributed by atoms with E-state index in [2.05, 4.69) is 215 Å². The number of aromatic nitrogens is 4. The SMILES string of the molecule is c1ccc(-c2ccc3c(c2)c2ccccc2n3-c2cccc(-c3cccc(-c4nc(-c5ccccc5)c5c6ccccc6n(-c6ccccc6)c5n4)c3)c2)cc1. The Morgan fingerprint density at radius 3 is 1.61 bits per heavy atom. The van der Waals surface area contributed by atoms with Gasteiger partial charge in [0.1, 0.15) is 5.65 Å². The molecule has 262 valence electrons. The van der Waals surface area contributed by atoms with Gasteiger partial charge in [0.15, 0.2) is 5.82 Å². The van der Waals surface area contributed by atoms with Gasteiger partial charge in [-0.25, -0.2) is 9.97 Å². The molecular formula is C52H34N4. The fraction of sp³-hybridized carbons (Fsp3) is 0. The zero-order valence-electron chi connectivity index (χ0n) is 30.4. The lowest BCUT2D eigenvalue weighted by Gasteiger charge is -2.12. The first kappa shape index (κ1) is 31.9. The molecule has 0 aliphatic heterocycles. The van der Waals surface area contributed by atoms with Crippen LogP contribution < -0.4 is 0 Å². The summed E-state index contributed by atoms with van der Waals surface area (Å²) in [6, 6.07) is 73.1. The van der Waals surface area contributed by atoms with E-state index in [9.17, 15) is 0 Å². The van der Waals surface area contributed by atoms with Crippen molar-refractivity contribution in [1.82, 2.24) is 19.1 Å². The highest BCUT2D eigenvalue weighted by Gasteiger charge is 2.21. The summed E-state index contributed by atoms with van der Waals surface area (Å²) >= 11 is 0. The fourth-order valence-corrected chi connectivity index (χ4v) is 8.35. The highest BCUT2D eigenvalue weighted by atomic mass is 15.1. The van der Waals surface area contributed by atoms with E-state index in [1.54, 1.807) is 0 Å². The highest BCUT2D eigenvalue weighted by Crippen LogP contribution is 2.39. The lowest BCUT2D eigenvalue weighted by molar-refractivity contribution is 1.11. The van der Waals surface area contributed by atoms with Crippen LogP contribution in [0, 0.1) is 0 Å². The molecule has 0 radical (unpaired) electrons. The fourth-order valence-electron chi connectivity index (χ4n) is 8.35. The number of fused-ring (bicyclic) bond motifs is 6. The molecular weight excluding hydrogens is 681 g/mol. The van der Waals surface area contributed by atoms with E-state index in [-0.39, 0.29) is 0 Å². The van der Waals surface area contributed by atoms with E-state index in [0.717, 1.165) is 61.3 Å². The summed E-state index contributed by atoms with van der Waals surface area (Å²) in [5.74, 6) is 0.686. The van der Waals surface area contributed by atoms with E-state index in [4.69, 9.17) is 9.97 Å². The van der Waals surface area contributed by atoms with E-state index in [1.165, 1.54) is 32.9 Å². The Morgan fingerprint density at radius 2 is 0.839 bits per heavy atom. The van der Waals surface area contributed by atoms with Crippen LogP contribution in [0.2, 0.25) is 0 Å². The van der Waals surface area contributed by atoms with E-state index in [1.807, 2.05) is 0 Å². The number of benzene rings is 8. The van der Waals surface area contributed by atoms with Crippen LogP contribution in [-0.4, -0.2) is 19.1 Å². The molecule has 3 aromatic heterocycles. The predicted molar refractivity (Wildman–Crippen MR) is 232 cm³/mol. The lowest BCUT2D eigenvalue weighted by atomic mass is 10.0.